The van der Waals surface area contributed by atoms with Crippen LogP contribution in [-0.4, -0.2) is 77.1 Å². The van der Waals surface area contributed by atoms with Gasteiger partial charge in [0.1, 0.15) is 0 Å². The molecule has 0 aliphatic heterocycles. The first kappa shape index (κ1) is 22.8. The highest BCUT2D eigenvalue weighted by molar-refractivity contribution is 5.90. The Morgan fingerprint density at radius 2 is 1.25 bits per heavy atom. The number of oxime groups is 2. The molecule has 0 heterocycles. The molecule has 0 rings (SSSR count). The van der Waals surface area contributed by atoms with Crippen molar-refractivity contribution in [3.63, 3.8) is 0 Å². The molecule has 0 amide bonds. The molecule has 0 atom stereocenters. The maximum Gasteiger partial charge on any atom is 0.0734 e. The molecule has 0 aromatic rings. The summed E-state index contributed by atoms with van der Waals surface area (Å²) in [5, 5.41) is 31.1. The fourth-order valence-electron chi connectivity index (χ4n) is 2.08. The zero-order chi connectivity index (χ0) is 18.8. The summed E-state index contributed by atoms with van der Waals surface area (Å²) in [5.74, 6) is 0. The molecule has 0 saturated heterocycles. The van der Waals surface area contributed by atoms with E-state index in [9.17, 15) is 0 Å². The first-order chi connectivity index (χ1) is 11.1. The van der Waals surface area contributed by atoms with Crippen LogP contribution in [0, 0.1) is 0 Å². The molecule has 0 saturated carbocycles. The number of nitrogens with one attached hydrogen (secondary N) is 2. The topological polar surface area (TPSA) is 119 Å². The molecule has 0 radical (unpaired) electrons. The summed E-state index contributed by atoms with van der Waals surface area (Å²) in [6.45, 7) is 16.1. The zero-order valence-electron chi connectivity index (χ0n) is 16.1. The van der Waals surface area contributed by atoms with Gasteiger partial charge in [-0.2, -0.15) is 0 Å². The molecule has 24 heavy (non-hydrogen) atoms. The summed E-state index contributed by atoms with van der Waals surface area (Å²) >= 11 is 0. The van der Waals surface area contributed by atoms with Gasteiger partial charge in [-0.05, 0) is 41.5 Å². The van der Waals surface area contributed by atoms with Gasteiger partial charge in [-0.15, -0.1) is 0 Å². The van der Waals surface area contributed by atoms with Crippen LogP contribution < -0.4 is 16.4 Å². The van der Waals surface area contributed by atoms with Gasteiger partial charge >= 0.3 is 0 Å². The minimum absolute atomic E-state index is 0.349. The van der Waals surface area contributed by atoms with Gasteiger partial charge in [0.15, 0.2) is 0 Å². The van der Waals surface area contributed by atoms with Gasteiger partial charge in [-0.1, -0.05) is 10.3 Å². The Balaban J connectivity index is 4.37. The minimum atomic E-state index is -0.349. The van der Waals surface area contributed by atoms with Crippen LogP contribution in [0.2, 0.25) is 0 Å². The molecule has 0 spiro atoms. The van der Waals surface area contributed by atoms with Gasteiger partial charge < -0.3 is 26.8 Å². The smallest absolute Gasteiger partial charge is 0.0734 e. The summed E-state index contributed by atoms with van der Waals surface area (Å²) in [6, 6.07) is 0. The highest BCUT2D eigenvalue weighted by Crippen LogP contribution is 2.06. The fraction of sp³-hybridized carbons (Fsp3) is 0.875. The maximum absolute atomic E-state index is 8.91. The van der Waals surface area contributed by atoms with Crippen molar-refractivity contribution >= 4 is 11.4 Å². The van der Waals surface area contributed by atoms with Crippen molar-refractivity contribution < 1.29 is 10.4 Å². The minimum Gasteiger partial charge on any atom is -0.411 e. The zero-order valence-corrected chi connectivity index (χ0v) is 16.1. The Morgan fingerprint density at radius 1 is 0.875 bits per heavy atom. The first-order valence-corrected chi connectivity index (χ1v) is 8.41. The molecule has 0 fully saturated rings. The van der Waals surface area contributed by atoms with E-state index in [2.05, 4.69) is 25.8 Å². The van der Waals surface area contributed by atoms with E-state index in [0.717, 1.165) is 32.7 Å². The van der Waals surface area contributed by atoms with E-state index >= 15 is 0 Å². The Hall–Kier alpha value is -1.22. The van der Waals surface area contributed by atoms with E-state index in [-0.39, 0.29) is 11.1 Å². The van der Waals surface area contributed by atoms with Crippen LogP contribution in [0.5, 0.6) is 0 Å². The van der Waals surface area contributed by atoms with Gasteiger partial charge in [0.25, 0.3) is 0 Å². The van der Waals surface area contributed by atoms with Crippen LogP contribution >= 0.6 is 0 Å². The quantitative estimate of drug-likeness (QED) is 0.202. The SMILES string of the molecule is C/C(=N/O)C(C)(C)NCCN(CCN)CCNC(C)(C)/C(C)=N\O. The molecule has 0 aromatic heterocycles. The average molecular weight is 345 g/mol. The summed E-state index contributed by atoms with van der Waals surface area (Å²) < 4.78 is 0. The van der Waals surface area contributed by atoms with Gasteiger partial charge in [0.2, 0.25) is 0 Å². The van der Waals surface area contributed by atoms with Crippen LogP contribution in [0.4, 0.5) is 0 Å². The van der Waals surface area contributed by atoms with E-state index in [4.69, 9.17) is 16.1 Å². The molecular weight excluding hydrogens is 308 g/mol. The lowest BCUT2D eigenvalue weighted by molar-refractivity contribution is 0.263. The van der Waals surface area contributed by atoms with Crippen molar-refractivity contribution in [1.29, 1.82) is 0 Å². The average Bonchev–Trinajstić information content (AvgIpc) is 2.52. The predicted octanol–water partition coefficient (Wildman–Crippen LogP) is 0.684. The Morgan fingerprint density at radius 3 is 1.54 bits per heavy atom. The second-order valence-electron chi connectivity index (χ2n) is 7.10. The van der Waals surface area contributed by atoms with Crippen molar-refractivity contribution in [3.05, 3.63) is 0 Å². The third-order valence-electron chi connectivity index (χ3n) is 4.54. The summed E-state index contributed by atoms with van der Waals surface area (Å²) in [6.07, 6.45) is 0. The predicted molar refractivity (Wildman–Crippen MR) is 99.4 cm³/mol. The molecule has 8 heteroatoms. The molecule has 0 bridgehead atoms. The van der Waals surface area contributed by atoms with Crippen molar-refractivity contribution in [2.75, 3.05) is 39.3 Å². The molecule has 0 aliphatic rings. The van der Waals surface area contributed by atoms with Crippen molar-refractivity contribution in [3.8, 4) is 0 Å². The highest BCUT2D eigenvalue weighted by Gasteiger charge is 2.22. The lowest BCUT2D eigenvalue weighted by Crippen LogP contribution is -2.51. The molecule has 0 aromatic carbocycles. The first-order valence-electron chi connectivity index (χ1n) is 8.41. The molecule has 8 nitrogen and oxygen atoms in total. The summed E-state index contributed by atoms with van der Waals surface area (Å²) in [4.78, 5) is 2.27. The van der Waals surface area contributed by atoms with Crippen LogP contribution in [-0.2, 0) is 0 Å². The largest absolute Gasteiger partial charge is 0.411 e. The second kappa shape index (κ2) is 10.6. The number of hydrogen-bond donors (Lipinski definition) is 5. The van der Waals surface area contributed by atoms with Gasteiger partial charge in [-0.25, -0.2) is 0 Å². The van der Waals surface area contributed by atoms with Crippen LogP contribution in [0.1, 0.15) is 41.5 Å². The standard InChI is InChI=1S/C16H36N6O2/c1-13(20-23)15(3,4)18-8-11-22(10-7-17)12-9-19-16(5,6)14(2)21-24/h18-19,23-24H,7-12,17H2,1-6H3/b20-13-,21-14-. The number of rotatable bonds is 12. The highest BCUT2D eigenvalue weighted by atomic mass is 16.4. The van der Waals surface area contributed by atoms with E-state index < -0.39 is 0 Å². The lowest BCUT2D eigenvalue weighted by atomic mass is 9.99. The molecule has 0 aliphatic carbocycles. The third-order valence-corrected chi connectivity index (χ3v) is 4.54. The van der Waals surface area contributed by atoms with Gasteiger partial charge in [0, 0.05) is 39.3 Å². The molecular formula is C16H36N6O2. The number of nitrogens with two attached hydrogens (primary N) is 1. The number of hydrogen-bond acceptors (Lipinski definition) is 8. The van der Waals surface area contributed by atoms with E-state index in [1.165, 1.54) is 0 Å². The Labute approximate surface area is 146 Å². The maximum atomic E-state index is 8.91. The van der Waals surface area contributed by atoms with Crippen LogP contribution in [0.3, 0.4) is 0 Å². The van der Waals surface area contributed by atoms with E-state index in [1.54, 1.807) is 13.8 Å². The molecule has 142 valence electrons. The second-order valence-corrected chi connectivity index (χ2v) is 7.10. The van der Waals surface area contributed by atoms with Crippen LogP contribution in [0.25, 0.3) is 0 Å². The van der Waals surface area contributed by atoms with Gasteiger partial charge in [-0.3, -0.25) is 4.90 Å². The normalized spacial score (nSPS) is 14.5. The van der Waals surface area contributed by atoms with Crippen LogP contribution in [0.15, 0.2) is 10.3 Å². The lowest BCUT2D eigenvalue weighted by Gasteiger charge is -2.30. The Bertz CT molecular complexity index is 385. The van der Waals surface area contributed by atoms with Gasteiger partial charge in [0.05, 0.1) is 22.5 Å². The third kappa shape index (κ3) is 8.05. The summed E-state index contributed by atoms with van der Waals surface area (Å²) in [5.41, 5.74) is 6.30. The monoisotopic (exact) mass is 344 g/mol. The molecule has 0 unspecified atom stereocenters. The van der Waals surface area contributed by atoms with Crippen molar-refractivity contribution in [1.82, 2.24) is 15.5 Å². The van der Waals surface area contributed by atoms with Crippen molar-refractivity contribution in [2.24, 2.45) is 16.0 Å². The number of nitrogens with zero attached hydrogens (tertiary/aromatic N) is 3. The van der Waals surface area contributed by atoms with E-state index in [0.29, 0.717) is 18.0 Å². The summed E-state index contributed by atoms with van der Waals surface area (Å²) in [7, 11) is 0. The fourth-order valence-corrected chi connectivity index (χ4v) is 2.08. The van der Waals surface area contributed by atoms with Crippen molar-refractivity contribution in [2.45, 2.75) is 52.6 Å². The molecule has 6 N–H and O–H groups in total. The Kier molecular flexibility index (Phi) is 10.1. The van der Waals surface area contributed by atoms with E-state index in [1.807, 2.05) is 27.7 Å².